The van der Waals surface area contributed by atoms with Crippen LogP contribution in [0.4, 0.5) is 0 Å². The van der Waals surface area contributed by atoms with E-state index in [2.05, 4.69) is 19.1 Å². The predicted octanol–water partition coefficient (Wildman–Crippen LogP) is 3.96. The summed E-state index contributed by atoms with van der Waals surface area (Å²) >= 11 is 0. The van der Waals surface area contributed by atoms with E-state index in [1.54, 1.807) is 16.8 Å². The number of likely N-dealkylation sites (tertiary alicyclic amines) is 1. The molecule has 1 aromatic rings. The van der Waals surface area contributed by atoms with Crippen molar-refractivity contribution >= 4 is 17.8 Å². The lowest BCUT2D eigenvalue weighted by Crippen LogP contribution is -2.56. The molecule has 1 unspecified atom stereocenters. The van der Waals surface area contributed by atoms with E-state index >= 15 is 0 Å². The Hall–Kier alpha value is -2.37. The molecule has 34 heavy (non-hydrogen) atoms. The number of hydrogen-bond acceptors (Lipinski definition) is 4. The van der Waals surface area contributed by atoms with Crippen molar-refractivity contribution in [3.8, 4) is 0 Å². The van der Waals surface area contributed by atoms with E-state index in [1.165, 1.54) is 24.8 Å². The Morgan fingerprint density at radius 3 is 2.18 bits per heavy atom. The van der Waals surface area contributed by atoms with Gasteiger partial charge < -0.3 is 14.5 Å². The molecule has 6 rings (SSSR count). The summed E-state index contributed by atoms with van der Waals surface area (Å²) in [7, 11) is 1.72. The Morgan fingerprint density at radius 2 is 1.59 bits per heavy atom. The molecule has 0 N–H and O–H groups in total. The maximum atomic E-state index is 13.8. The van der Waals surface area contributed by atoms with Crippen LogP contribution in [0.5, 0.6) is 0 Å². The molecule has 4 bridgehead atoms. The molecule has 6 heteroatoms. The summed E-state index contributed by atoms with van der Waals surface area (Å²) in [6, 6.07) is 7.66. The minimum absolute atomic E-state index is 0.185. The lowest BCUT2D eigenvalue weighted by Gasteiger charge is -2.56. The molecule has 1 aromatic carbocycles. The summed E-state index contributed by atoms with van der Waals surface area (Å²) in [4.78, 5) is 42.7. The van der Waals surface area contributed by atoms with Crippen LogP contribution in [0, 0.1) is 23.2 Å². The third-order valence-electron chi connectivity index (χ3n) is 8.89. The van der Waals surface area contributed by atoms with Crippen LogP contribution in [-0.4, -0.2) is 53.8 Å². The lowest BCUT2D eigenvalue weighted by atomic mass is 9.49. The first-order valence-corrected chi connectivity index (χ1v) is 13.2. The van der Waals surface area contributed by atoms with Crippen molar-refractivity contribution in [2.45, 2.75) is 77.3 Å². The highest BCUT2D eigenvalue weighted by atomic mass is 16.5. The van der Waals surface area contributed by atoms with E-state index in [4.69, 9.17) is 4.74 Å². The molecule has 6 nitrogen and oxygen atoms in total. The monoisotopic (exact) mass is 466 g/mol. The Balaban J connectivity index is 1.16. The van der Waals surface area contributed by atoms with E-state index in [9.17, 15) is 14.4 Å². The highest BCUT2D eigenvalue weighted by Crippen LogP contribution is 2.60. The van der Waals surface area contributed by atoms with Gasteiger partial charge in [-0.15, -0.1) is 0 Å². The van der Waals surface area contributed by atoms with Gasteiger partial charge in [0.1, 0.15) is 6.04 Å². The molecule has 1 saturated heterocycles. The molecule has 0 spiro atoms. The summed E-state index contributed by atoms with van der Waals surface area (Å²) in [6.07, 6.45) is 9.29. The lowest BCUT2D eigenvalue weighted by molar-refractivity contribution is -0.166. The molecule has 1 aliphatic heterocycles. The smallest absolute Gasteiger partial charge is 0.329 e. The minimum Gasteiger partial charge on any atom is -0.454 e. The third-order valence-corrected chi connectivity index (χ3v) is 8.89. The Labute approximate surface area is 203 Å². The first-order chi connectivity index (χ1) is 16.4. The number of hydrogen-bond donors (Lipinski definition) is 0. The number of nitrogens with zero attached hydrogens (tertiary/aromatic N) is 2. The molecule has 184 valence electrons. The van der Waals surface area contributed by atoms with Gasteiger partial charge in [-0.3, -0.25) is 9.59 Å². The molecular weight excluding hydrogens is 428 g/mol. The highest BCUT2D eigenvalue weighted by Gasteiger charge is 2.57. The van der Waals surface area contributed by atoms with Gasteiger partial charge in [-0.1, -0.05) is 31.2 Å². The number of esters is 1. The van der Waals surface area contributed by atoms with Crippen molar-refractivity contribution in [3.63, 3.8) is 0 Å². The SMILES string of the molecule is CCc1ccc(CN(C)C(=O)COC(=O)C2CCCN2C(=O)C23CC4CC(CC(C4)C2)C3)cc1. The van der Waals surface area contributed by atoms with Crippen LogP contribution in [0.15, 0.2) is 24.3 Å². The van der Waals surface area contributed by atoms with Crippen molar-refractivity contribution < 1.29 is 19.1 Å². The van der Waals surface area contributed by atoms with Gasteiger partial charge in [-0.25, -0.2) is 4.79 Å². The van der Waals surface area contributed by atoms with Crippen LogP contribution in [0.3, 0.4) is 0 Å². The molecular formula is C28H38N2O4. The molecule has 4 saturated carbocycles. The van der Waals surface area contributed by atoms with Gasteiger partial charge in [0, 0.05) is 20.1 Å². The van der Waals surface area contributed by atoms with Crippen LogP contribution >= 0.6 is 0 Å². The predicted molar refractivity (Wildman–Crippen MR) is 129 cm³/mol. The summed E-state index contributed by atoms with van der Waals surface area (Å²) < 4.78 is 5.46. The molecule has 2 amide bonds. The second kappa shape index (κ2) is 9.35. The molecule has 1 heterocycles. The van der Waals surface area contributed by atoms with Gasteiger partial charge in [0.15, 0.2) is 6.61 Å². The Bertz CT molecular complexity index is 905. The van der Waals surface area contributed by atoms with Crippen LogP contribution in [0.1, 0.15) is 69.4 Å². The standard InChI is InChI=1S/C28H38N2O4/c1-3-19-6-8-20(9-7-19)17-29(2)25(31)18-34-26(32)24-5-4-10-30(24)27(33)28-14-21-11-22(15-28)13-23(12-21)16-28/h6-9,21-24H,3-5,10-18H2,1-2H3. The molecule has 4 aliphatic carbocycles. The quantitative estimate of drug-likeness (QED) is 0.571. The van der Waals surface area contributed by atoms with E-state index < -0.39 is 12.0 Å². The van der Waals surface area contributed by atoms with Gasteiger partial charge in [-0.05, 0) is 86.7 Å². The number of amides is 2. The van der Waals surface area contributed by atoms with Gasteiger partial charge in [0.2, 0.25) is 5.91 Å². The highest BCUT2D eigenvalue weighted by molar-refractivity contribution is 5.90. The first-order valence-electron chi connectivity index (χ1n) is 13.2. The zero-order chi connectivity index (χ0) is 23.9. The number of likely N-dealkylation sites (N-methyl/N-ethyl adjacent to an activating group) is 1. The second-order valence-corrected chi connectivity index (χ2v) is 11.4. The number of benzene rings is 1. The zero-order valence-electron chi connectivity index (χ0n) is 20.6. The van der Waals surface area contributed by atoms with Crippen LogP contribution in [0.25, 0.3) is 0 Å². The van der Waals surface area contributed by atoms with Gasteiger partial charge in [-0.2, -0.15) is 0 Å². The number of ether oxygens (including phenoxy) is 1. The number of carbonyl (C=O) groups is 3. The maximum Gasteiger partial charge on any atom is 0.329 e. The average Bonchev–Trinajstić information content (AvgIpc) is 3.31. The van der Waals surface area contributed by atoms with Gasteiger partial charge >= 0.3 is 5.97 Å². The van der Waals surface area contributed by atoms with E-state index in [-0.39, 0.29) is 23.8 Å². The first kappa shape index (κ1) is 23.4. The Morgan fingerprint density at radius 1 is 1.00 bits per heavy atom. The topological polar surface area (TPSA) is 66.9 Å². The van der Waals surface area contributed by atoms with Crippen LogP contribution in [0.2, 0.25) is 0 Å². The van der Waals surface area contributed by atoms with Crippen molar-refractivity contribution in [2.75, 3.05) is 20.2 Å². The summed E-state index contributed by atoms with van der Waals surface area (Å²) in [5.74, 6) is 1.60. The van der Waals surface area contributed by atoms with E-state index in [0.29, 0.717) is 37.3 Å². The molecule has 5 fully saturated rings. The third kappa shape index (κ3) is 4.48. The van der Waals surface area contributed by atoms with E-state index in [1.807, 2.05) is 12.1 Å². The van der Waals surface area contributed by atoms with E-state index in [0.717, 1.165) is 37.7 Å². The fourth-order valence-electron chi connectivity index (χ4n) is 7.51. The largest absolute Gasteiger partial charge is 0.454 e. The fourth-order valence-corrected chi connectivity index (χ4v) is 7.51. The molecule has 5 aliphatic rings. The molecule has 0 radical (unpaired) electrons. The minimum atomic E-state index is -0.541. The van der Waals surface area contributed by atoms with Gasteiger partial charge in [0.05, 0.1) is 5.41 Å². The number of carbonyl (C=O) groups excluding carboxylic acids is 3. The van der Waals surface area contributed by atoms with Crippen molar-refractivity contribution in [3.05, 3.63) is 35.4 Å². The van der Waals surface area contributed by atoms with Crippen molar-refractivity contribution in [1.29, 1.82) is 0 Å². The average molecular weight is 467 g/mol. The summed E-state index contributed by atoms with van der Waals surface area (Å²) in [5, 5.41) is 0. The zero-order valence-corrected chi connectivity index (χ0v) is 20.6. The maximum absolute atomic E-state index is 13.8. The summed E-state index contributed by atoms with van der Waals surface area (Å²) in [5.41, 5.74) is 2.06. The normalized spacial score (nSPS) is 31.5. The summed E-state index contributed by atoms with van der Waals surface area (Å²) in [6.45, 7) is 2.93. The molecule has 0 aromatic heterocycles. The second-order valence-electron chi connectivity index (χ2n) is 11.4. The molecule has 1 atom stereocenters. The van der Waals surface area contributed by atoms with Gasteiger partial charge in [0.25, 0.3) is 5.91 Å². The van der Waals surface area contributed by atoms with Crippen LogP contribution < -0.4 is 0 Å². The van der Waals surface area contributed by atoms with Crippen molar-refractivity contribution in [1.82, 2.24) is 9.80 Å². The number of aryl methyl sites for hydroxylation is 1. The Kier molecular flexibility index (Phi) is 6.43. The van der Waals surface area contributed by atoms with Crippen molar-refractivity contribution in [2.24, 2.45) is 23.2 Å². The fraction of sp³-hybridized carbons (Fsp3) is 0.679. The number of rotatable bonds is 7. The van der Waals surface area contributed by atoms with Crippen LogP contribution in [-0.2, 0) is 32.1 Å².